The maximum atomic E-state index is 10.6. The van der Waals surface area contributed by atoms with Crippen molar-refractivity contribution in [2.75, 3.05) is 0 Å². The Morgan fingerprint density at radius 2 is 1.89 bits per heavy atom. The predicted octanol–water partition coefficient (Wildman–Crippen LogP) is 2.07. The zero-order valence-corrected chi connectivity index (χ0v) is 9.68. The molecule has 92 valence electrons. The van der Waals surface area contributed by atoms with Crippen LogP contribution in [-0.4, -0.2) is 16.3 Å². The van der Waals surface area contributed by atoms with E-state index >= 15 is 0 Å². The van der Waals surface area contributed by atoms with Crippen LogP contribution < -0.4 is 0 Å². The number of aliphatic imine (C=N–C) groups is 1. The van der Waals surface area contributed by atoms with Crippen molar-refractivity contribution in [3.63, 3.8) is 0 Å². The van der Waals surface area contributed by atoms with E-state index < -0.39 is 5.54 Å². The average molecular weight is 244 g/mol. The van der Waals surface area contributed by atoms with E-state index in [4.69, 9.17) is 5.26 Å². The lowest BCUT2D eigenvalue weighted by Crippen LogP contribution is -2.19. The van der Waals surface area contributed by atoms with Gasteiger partial charge in [0, 0.05) is 11.6 Å². The largest absolute Gasteiger partial charge is 0.507 e. The number of hydrogen-bond donors (Lipinski definition) is 2. The lowest BCUT2D eigenvalue weighted by atomic mass is 9.87. The molecule has 1 aliphatic rings. The Morgan fingerprint density at radius 3 is 2.44 bits per heavy atom. The molecular weight excluding hydrogens is 232 g/mol. The van der Waals surface area contributed by atoms with Gasteiger partial charge in [-0.15, -0.1) is 0 Å². The van der Waals surface area contributed by atoms with Gasteiger partial charge in [0.25, 0.3) is 0 Å². The van der Waals surface area contributed by atoms with Crippen LogP contribution in [0.3, 0.4) is 0 Å². The van der Waals surface area contributed by atoms with Gasteiger partial charge in [0.1, 0.15) is 23.1 Å². The molecule has 2 N–H and O–H groups in total. The summed E-state index contributed by atoms with van der Waals surface area (Å²) >= 11 is 0. The molecule has 0 saturated heterocycles. The van der Waals surface area contributed by atoms with Crippen molar-refractivity contribution in [1.82, 2.24) is 0 Å². The summed E-state index contributed by atoms with van der Waals surface area (Å²) in [6, 6.07) is 4.36. The summed E-state index contributed by atoms with van der Waals surface area (Å²) in [6.45, 7) is 0. The summed E-state index contributed by atoms with van der Waals surface area (Å²) in [6.07, 6.45) is 4.60. The highest BCUT2D eigenvalue weighted by Gasteiger charge is 2.38. The van der Waals surface area contributed by atoms with Crippen LogP contribution in [-0.2, 0) is 10.3 Å². The van der Waals surface area contributed by atoms with Crippen molar-refractivity contribution in [2.24, 2.45) is 4.99 Å². The molecule has 1 saturated carbocycles. The van der Waals surface area contributed by atoms with Crippen LogP contribution in [0.2, 0.25) is 0 Å². The number of hydrogen-bond acceptors (Lipinski definition) is 5. The molecule has 0 radical (unpaired) electrons. The fourth-order valence-electron chi connectivity index (χ4n) is 2.53. The molecule has 5 nitrogen and oxygen atoms in total. The van der Waals surface area contributed by atoms with Crippen LogP contribution in [0.1, 0.15) is 36.8 Å². The van der Waals surface area contributed by atoms with Crippen LogP contribution in [0.4, 0.5) is 0 Å². The van der Waals surface area contributed by atoms with Crippen LogP contribution in [0.5, 0.6) is 11.5 Å². The maximum Gasteiger partial charge on any atom is 0.235 e. The summed E-state index contributed by atoms with van der Waals surface area (Å²) in [5.41, 5.74) is -0.321. The molecule has 2 rings (SSSR count). The number of phenolic OH excluding ortho intramolecular Hbond substituents is 2. The highest BCUT2D eigenvalue weighted by Crippen LogP contribution is 2.46. The van der Waals surface area contributed by atoms with Gasteiger partial charge in [0.05, 0.1) is 5.56 Å². The molecule has 5 heteroatoms. The van der Waals surface area contributed by atoms with Crippen molar-refractivity contribution in [3.05, 3.63) is 23.3 Å². The van der Waals surface area contributed by atoms with E-state index in [2.05, 4.69) is 4.99 Å². The topological polar surface area (TPSA) is 93.7 Å². The summed E-state index contributed by atoms with van der Waals surface area (Å²) in [4.78, 5) is 14.4. The van der Waals surface area contributed by atoms with E-state index in [0.29, 0.717) is 18.4 Å². The lowest BCUT2D eigenvalue weighted by Gasteiger charge is -2.24. The van der Waals surface area contributed by atoms with Crippen LogP contribution in [0, 0.1) is 11.3 Å². The molecule has 18 heavy (non-hydrogen) atoms. The number of rotatable bonds is 2. The van der Waals surface area contributed by atoms with Gasteiger partial charge in [-0.05, 0) is 18.9 Å². The second-order valence-electron chi connectivity index (χ2n) is 4.44. The number of carbonyl (C=O) groups excluding carboxylic acids is 1. The molecule has 1 aromatic rings. The molecule has 0 unspecified atom stereocenters. The Hall–Kier alpha value is -2.31. The minimum Gasteiger partial charge on any atom is -0.507 e. The van der Waals surface area contributed by atoms with Gasteiger partial charge in [-0.2, -0.15) is 10.3 Å². The number of nitrogens with zero attached hydrogens (tertiary/aromatic N) is 2. The van der Waals surface area contributed by atoms with Gasteiger partial charge in [-0.3, -0.25) is 0 Å². The number of benzene rings is 1. The SMILES string of the molecule is N#Cc1cc(C2(N=C=O)CCCC2)c(O)cc1O. The van der Waals surface area contributed by atoms with Gasteiger partial charge in [-0.1, -0.05) is 12.8 Å². The van der Waals surface area contributed by atoms with Gasteiger partial charge in [0.15, 0.2) is 0 Å². The quantitative estimate of drug-likeness (QED) is 0.615. The molecule has 1 aromatic carbocycles. The Kier molecular flexibility index (Phi) is 3.05. The first kappa shape index (κ1) is 12.2. The van der Waals surface area contributed by atoms with Crippen molar-refractivity contribution in [2.45, 2.75) is 31.2 Å². The molecule has 0 aromatic heterocycles. The maximum absolute atomic E-state index is 10.6. The van der Waals surface area contributed by atoms with Crippen molar-refractivity contribution in [1.29, 1.82) is 5.26 Å². The Balaban J connectivity index is 2.62. The number of aromatic hydroxyl groups is 2. The van der Waals surface area contributed by atoms with Crippen molar-refractivity contribution < 1.29 is 15.0 Å². The van der Waals surface area contributed by atoms with E-state index in [1.165, 1.54) is 6.07 Å². The van der Waals surface area contributed by atoms with Gasteiger partial charge >= 0.3 is 0 Å². The Morgan fingerprint density at radius 1 is 1.22 bits per heavy atom. The monoisotopic (exact) mass is 244 g/mol. The third-order valence-electron chi connectivity index (χ3n) is 3.43. The second-order valence-corrected chi connectivity index (χ2v) is 4.44. The number of nitriles is 1. The smallest absolute Gasteiger partial charge is 0.235 e. The molecule has 1 fully saturated rings. The predicted molar refractivity (Wildman–Crippen MR) is 62.8 cm³/mol. The first-order valence-electron chi connectivity index (χ1n) is 5.68. The first-order valence-corrected chi connectivity index (χ1v) is 5.68. The molecule has 0 aliphatic heterocycles. The highest BCUT2D eigenvalue weighted by atomic mass is 16.3. The summed E-state index contributed by atoms with van der Waals surface area (Å²) in [5.74, 6) is -0.422. The van der Waals surface area contributed by atoms with Crippen LogP contribution >= 0.6 is 0 Å². The fraction of sp³-hybridized carbons (Fsp3) is 0.385. The zero-order valence-electron chi connectivity index (χ0n) is 9.68. The molecule has 1 aliphatic carbocycles. The lowest BCUT2D eigenvalue weighted by molar-refractivity contribution is 0.402. The minimum atomic E-state index is -0.800. The van der Waals surface area contributed by atoms with E-state index in [1.807, 2.05) is 6.07 Å². The van der Waals surface area contributed by atoms with Crippen LogP contribution in [0.25, 0.3) is 0 Å². The third-order valence-corrected chi connectivity index (χ3v) is 3.43. The number of phenols is 2. The molecular formula is C13H12N2O3. The zero-order chi connectivity index (χ0) is 13.2. The first-order chi connectivity index (χ1) is 8.63. The summed E-state index contributed by atoms with van der Waals surface area (Å²) in [7, 11) is 0. The van der Waals surface area contributed by atoms with E-state index in [9.17, 15) is 15.0 Å². The van der Waals surface area contributed by atoms with Crippen molar-refractivity contribution >= 4 is 6.08 Å². The molecule has 0 bridgehead atoms. The standard InChI is InChI=1S/C13H12N2O3/c14-7-9-5-10(12(18)6-11(9)17)13(15-8-16)3-1-2-4-13/h5-6,17-18H,1-4H2. The molecule has 0 atom stereocenters. The van der Waals surface area contributed by atoms with E-state index in [0.717, 1.165) is 18.9 Å². The third kappa shape index (κ3) is 1.83. The normalized spacial score (nSPS) is 16.8. The average Bonchev–Trinajstić information content (AvgIpc) is 2.79. The fourth-order valence-corrected chi connectivity index (χ4v) is 2.53. The molecule has 0 spiro atoms. The van der Waals surface area contributed by atoms with E-state index in [-0.39, 0.29) is 17.1 Å². The van der Waals surface area contributed by atoms with Crippen molar-refractivity contribution in [3.8, 4) is 17.6 Å². The molecule has 0 amide bonds. The Bertz CT molecular complexity index is 562. The van der Waals surface area contributed by atoms with Crippen LogP contribution in [0.15, 0.2) is 17.1 Å². The summed E-state index contributed by atoms with van der Waals surface area (Å²) < 4.78 is 0. The minimum absolute atomic E-state index is 0.0650. The van der Waals surface area contributed by atoms with Gasteiger partial charge in [-0.25, -0.2) is 4.79 Å². The highest BCUT2D eigenvalue weighted by molar-refractivity contribution is 5.54. The Labute approximate surface area is 104 Å². The molecule has 0 heterocycles. The number of isocyanates is 1. The van der Waals surface area contributed by atoms with E-state index in [1.54, 1.807) is 6.08 Å². The second kappa shape index (κ2) is 4.52. The summed E-state index contributed by atoms with van der Waals surface area (Å²) in [5, 5.41) is 28.3. The van der Waals surface area contributed by atoms with Gasteiger partial charge < -0.3 is 10.2 Å². The van der Waals surface area contributed by atoms with Gasteiger partial charge in [0.2, 0.25) is 6.08 Å².